The summed E-state index contributed by atoms with van der Waals surface area (Å²) in [5, 5.41) is 0. The topological polar surface area (TPSA) is 25.2 Å². The first-order valence-corrected chi connectivity index (χ1v) is 7.44. The van der Waals surface area contributed by atoms with Crippen LogP contribution in [0.15, 0.2) is 65.8 Å². The number of aryl methyl sites for hydroxylation is 2. The number of nitrogens with zero attached hydrogens (tertiary/aromatic N) is 2. The molecule has 0 radical (unpaired) electrons. The number of pyridine rings is 1. The molecule has 0 saturated carbocycles. The largest absolute Gasteiger partial charge is 0.255 e. The van der Waals surface area contributed by atoms with Crippen LogP contribution in [0.5, 0.6) is 0 Å². The number of benzene rings is 2. The van der Waals surface area contributed by atoms with Crippen molar-refractivity contribution >= 4 is 11.4 Å². The SMILES string of the molecule is Cc1ccc2c(c1)C(=Nc1ccccc1)c1cc(C)cnc1-2. The molecule has 1 aromatic heterocycles. The van der Waals surface area contributed by atoms with Crippen LogP contribution in [0.2, 0.25) is 0 Å². The maximum absolute atomic E-state index is 4.90. The Morgan fingerprint density at radius 1 is 0.773 bits per heavy atom. The van der Waals surface area contributed by atoms with Crippen LogP contribution in [0.3, 0.4) is 0 Å². The fourth-order valence-corrected chi connectivity index (χ4v) is 2.92. The van der Waals surface area contributed by atoms with Crippen LogP contribution >= 0.6 is 0 Å². The minimum atomic E-state index is 0.972. The van der Waals surface area contributed by atoms with E-state index < -0.39 is 0 Å². The molecule has 0 atom stereocenters. The van der Waals surface area contributed by atoms with E-state index in [0.29, 0.717) is 0 Å². The van der Waals surface area contributed by atoms with Crippen molar-refractivity contribution in [3.05, 3.63) is 83.0 Å². The van der Waals surface area contributed by atoms with E-state index in [1.807, 2.05) is 36.5 Å². The Labute approximate surface area is 130 Å². The van der Waals surface area contributed by atoms with Crippen LogP contribution in [-0.4, -0.2) is 10.7 Å². The van der Waals surface area contributed by atoms with Crippen molar-refractivity contribution in [2.75, 3.05) is 0 Å². The Hall–Kier alpha value is -2.74. The monoisotopic (exact) mass is 284 g/mol. The van der Waals surface area contributed by atoms with Gasteiger partial charge in [-0.1, -0.05) is 35.9 Å². The number of aliphatic imine (C=N–C) groups is 1. The smallest absolute Gasteiger partial charge is 0.0810 e. The van der Waals surface area contributed by atoms with Gasteiger partial charge in [-0.05, 0) is 43.7 Å². The van der Waals surface area contributed by atoms with Gasteiger partial charge in [0.25, 0.3) is 0 Å². The second-order valence-electron chi connectivity index (χ2n) is 5.75. The van der Waals surface area contributed by atoms with Crippen LogP contribution in [0, 0.1) is 13.8 Å². The summed E-state index contributed by atoms with van der Waals surface area (Å²) in [5.74, 6) is 0. The first kappa shape index (κ1) is 13.0. The van der Waals surface area contributed by atoms with Gasteiger partial charge in [-0.25, -0.2) is 4.99 Å². The third-order valence-electron chi connectivity index (χ3n) is 3.96. The Bertz CT molecular complexity index is 839. The number of fused-ring (bicyclic) bond motifs is 3. The van der Waals surface area contributed by atoms with Crippen LogP contribution in [-0.2, 0) is 0 Å². The zero-order chi connectivity index (χ0) is 15.1. The maximum Gasteiger partial charge on any atom is 0.0810 e. The lowest BCUT2D eigenvalue weighted by Crippen LogP contribution is -1.99. The number of hydrogen-bond donors (Lipinski definition) is 0. The van der Waals surface area contributed by atoms with E-state index in [4.69, 9.17) is 4.99 Å². The van der Waals surface area contributed by atoms with Crippen LogP contribution in [0.25, 0.3) is 11.3 Å². The Morgan fingerprint density at radius 2 is 1.55 bits per heavy atom. The number of rotatable bonds is 1. The lowest BCUT2D eigenvalue weighted by atomic mass is 10.1. The normalized spacial score (nSPS) is 14.0. The van der Waals surface area contributed by atoms with E-state index in [1.54, 1.807) is 0 Å². The average Bonchev–Trinajstić information content (AvgIpc) is 2.81. The van der Waals surface area contributed by atoms with E-state index in [-0.39, 0.29) is 0 Å². The maximum atomic E-state index is 4.90. The highest BCUT2D eigenvalue weighted by Gasteiger charge is 2.26. The summed E-state index contributed by atoms with van der Waals surface area (Å²) in [7, 11) is 0. The predicted molar refractivity (Wildman–Crippen MR) is 90.9 cm³/mol. The standard InChI is InChI=1S/C20H16N2/c1-13-8-9-16-17(10-13)20(22-15-6-4-3-5-7-15)18-11-14(2)12-21-19(16)18/h3-12H,1-2H3. The molecule has 4 rings (SSSR count). The van der Waals surface area contributed by atoms with Crippen LogP contribution in [0.4, 0.5) is 5.69 Å². The minimum Gasteiger partial charge on any atom is -0.255 e. The quantitative estimate of drug-likeness (QED) is 0.490. The molecule has 0 saturated heterocycles. The van der Waals surface area contributed by atoms with Gasteiger partial charge in [-0.2, -0.15) is 0 Å². The summed E-state index contributed by atoms with van der Waals surface area (Å²) < 4.78 is 0. The average molecular weight is 284 g/mol. The molecular weight excluding hydrogens is 268 g/mol. The van der Waals surface area contributed by atoms with Gasteiger partial charge in [-0.15, -0.1) is 0 Å². The Kier molecular flexibility index (Phi) is 2.90. The molecule has 0 aliphatic heterocycles. The van der Waals surface area contributed by atoms with Gasteiger partial charge in [0.05, 0.1) is 17.1 Å². The second kappa shape index (κ2) is 4.92. The molecule has 2 aromatic carbocycles. The highest BCUT2D eigenvalue weighted by molar-refractivity contribution is 6.24. The molecular formula is C20H16N2. The molecule has 0 fully saturated rings. The summed E-state index contributed by atoms with van der Waals surface area (Å²) in [6.07, 6.45) is 1.92. The van der Waals surface area contributed by atoms with Crippen molar-refractivity contribution in [3.8, 4) is 11.3 Å². The third-order valence-corrected chi connectivity index (χ3v) is 3.96. The van der Waals surface area contributed by atoms with E-state index in [2.05, 4.69) is 43.1 Å². The number of aromatic nitrogens is 1. The van der Waals surface area contributed by atoms with Crippen LogP contribution in [0.1, 0.15) is 22.3 Å². The Morgan fingerprint density at radius 3 is 2.36 bits per heavy atom. The summed E-state index contributed by atoms with van der Waals surface area (Å²) in [4.78, 5) is 9.54. The molecule has 0 N–H and O–H groups in total. The van der Waals surface area contributed by atoms with E-state index in [9.17, 15) is 0 Å². The van der Waals surface area contributed by atoms with Gasteiger partial charge in [0.1, 0.15) is 0 Å². The van der Waals surface area contributed by atoms with E-state index >= 15 is 0 Å². The van der Waals surface area contributed by atoms with Gasteiger partial charge in [0.15, 0.2) is 0 Å². The summed E-state index contributed by atoms with van der Waals surface area (Å²) >= 11 is 0. The zero-order valence-corrected chi connectivity index (χ0v) is 12.7. The van der Waals surface area contributed by atoms with E-state index in [0.717, 1.165) is 28.2 Å². The molecule has 1 heterocycles. The van der Waals surface area contributed by atoms with Gasteiger partial charge in [-0.3, -0.25) is 4.98 Å². The highest BCUT2D eigenvalue weighted by atomic mass is 14.8. The number of hydrogen-bond acceptors (Lipinski definition) is 2. The lowest BCUT2D eigenvalue weighted by Gasteiger charge is -2.03. The minimum absolute atomic E-state index is 0.972. The second-order valence-corrected chi connectivity index (χ2v) is 5.75. The molecule has 1 aliphatic carbocycles. The fourth-order valence-electron chi connectivity index (χ4n) is 2.92. The Balaban J connectivity index is 2.00. The van der Waals surface area contributed by atoms with Crippen molar-refractivity contribution in [1.82, 2.24) is 4.98 Å². The molecule has 0 spiro atoms. The molecule has 106 valence electrons. The van der Waals surface area contributed by atoms with Gasteiger partial charge < -0.3 is 0 Å². The molecule has 2 heteroatoms. The molecule has 0 amide bonds. The molecule has 0 bridgehead atoms. The number of para-hydroxylation sites is 1. The van der Waals surface area contributed by atoms with Crippen molar-refractivity contribution < 1.29 is 0 Å². The summed E-state index contributed by atoms with van der Waals surface area (Å²) in [6, 6.07) is 18.8. The van der Waals surface area contributed by atoms with Gasteiger partial charge in [0, 0.05) is 22.9 Å². The first-order chi connectivity index (χ1) is 10.7. The molecule has 1 aliphatic rings. The van der Waals surface area contributed by atoms with Crippen molar-refractivity contribution in [1.29, 1.82) is 0 Å². The molecule has 22 heavy (non-hydrogen) atoms. The summed E-state index contributed by atoms with van der Waals surface area (Å²) in [5.41, 5.74) is 8.91. The highest BCUT2D eigenvalue weighted by Crippen LogP contribution is 2.37. The summed E-state index contributed by atoms with van der Waals surface area (Å²) in [6.45, 7) is 4.18. The predicted octanol–water partition coefficient (Wildman–Crippen LogP) is 4.85. The van der Waals surface area contributed by atoms with Crippen molar-refractivity contribution in [2.24, 2.45) is 4.99 Å². The van der Waals surface area contributed by atoms with Gasteiger partial charge in [0.2, 0.25) is 0 Å². The fraction of sp³-hybridized carbons (Fsp3) is 0.100. The molecule has 0 unspecified atom stereocenters. The third kappa shape index (κ3) is 2.04. The first-order valence-electron chi connectivity index (χ1n) is 7.44. The van der Waals surface area contributed by atoms with Crippen LogP contribution < -0.4 is 0 Å². The van der Waals surface area contributed by atoms with Crippen molar-refractivity contribution in [3.63, 3.8) is 0 Å². The van der Waals surface area contributed by atoms with E-state index in [1.165, 1.54) is 16.7 Å². The molecule has 2 nitrogen and oxygen atoms in total. The molecule has 3 aromatic rings. The zero-order valence-electron chi connectivity index (χ0n) is 12.7. The van der Waals surface area contributed by atoms with Gasteiger partial charge >= 0.3 is 0 Å². The van der Waals surface area contributed by atoms with Crippen molar-refractivity contribution in [2.45, 2.75) is 13.8 Å². The lowest BCUT2D eigenvalue weighted by molar-refractivity contribution is 1.27.